The maximum Gasteiger partial charge on any atom is 0.0959 e. The van der Waals surface area contributed by atoms with E-state index in [0.29, 0.717) is 6.54 Å². The Kier molecular flexibility index (Phi) is 4.15. The highest BCUT2D eigenvalue weighted by atomic mass is 32.1. The Morgan fingerprint density at radius 2 is 2.00 bits per heavy atom. The Balaban J connectivity index is 2.00. The van der Waals surface area contributed by atoms with Crippen molar-refractivity contribution in [1.82, 2.24) is 4.98 Å². The van der Waals surface area contributed by atoms with Crippen LogP contribution >= 0.6 is 11.3 Å². The maximum atomic E-state index is 5.54. The minimum Gasteiger partial charge on any atom is -0.330 e. The molecule has 0 radical (unpaired) electrons. The molecule has 1 aromatic heterocycles. The van der Waals surface area contributed by atoms with Crippen molar-refractivity contribution in [3.05, 3.63) is 16.1 Å². The smallest absolute Gasteiger partial charge is 0.0959 e. The molecule has 0 atom stereocenters. The lowest BCUT2D eigenvalue weighted by Crippen LogP contribution is -2.03. The second kappa shape index (κ2) is 5.61. The quantitative estimate of drug-likeness (QED) is 0.801. The molecule has 1 aromatic rings. The van der Waals surface area contributed by atoms with E-state index >= 15 is 0 Å². The zero-order chi connectivity index (χ0) is 10.5. The molecule has 0 amide bonds. The van der Waals surface area contributed by atoms with Gasteiger partial charge in [-0.25, -0.2) is 4.98 Å². The van der Waals surface area contributed by atoms with Gasteiger partial charge in [0.25, 0.3) is 0 Å². The lowest BCUT2D eigenvalue weighted by atomic mass is 10.0. The molecule has 15 heavy (non-hydrogen) atoms. The lowest BCUT2D eigenvalue weighted by molar-refractivity contribution is 0.587. The zero-order valence-corrected chi connectivity index (χ0v) is 10.1. The van der Waals surface area contributed by atoms with Gasteiger partial charge in [-0.05, 0) is 19.4 Å². The number of rotatable bonds is 3. The number of aromatic nitrogens is 1. The fraction of sp³-hybridized carbons (Fsp3) is 0.750. The van der Waals surface area contributed by atoms with E-state index in [1.807, 2.05) is 11.3 Å². The summed E-state index contributed by atoms with van der Waals surface area (Å²) in [5.74, 6) is 0.740. The summed E-state index contributed by atoms with van der Waals surface area (Å²) in [4.78, 5) is 4.70. The summed E-state index contributed by atoms with van der Waals surface area (Å²) in [6.07, 6.45) is 9.22. The number of hydrogen-bond acceptors (Lipinski definition) is 3. The van der Waals surface area contributed by atoms with Gasteiger partial charge in [0.2, 0.25) is 0 Å². The molecule has 1 saturated carbocycles. The van der Waals surface area contributed by atoms with Crippen LogP contribution in [-0.4, -0.2) is 11.5 Å². The summed E-state index contributed by atoms with van der Waals surface area (Å²) in [5.41, 5.74) is 6.73. The highest BCUT2D eigenvalue weighted by Gasteiger charge is 2.17. The van der Waals surface area contributed by atoms with Crippen LogP contribution in [0.5, 0.6) is 0 Å². The Hall–Kier alpha value is -0.410. The average molecular weight is 224 g/mol. The summed E-state index contributed by atoms with van der Waals surface area (Å²) in [6.45, 7) is 0.716. The van der Waals surface area contributed by atoms with E-state index in [1.165, 1.54) is 49.2 Å². The van der Waals surface area contributed by atoms with Crippen LogP contribution in [-0.2, 0) is 6.42 Å². The molecule has 1 aliphatic rings. The first-order chi connectivity index (χ1) is 7.40. The van der Waals surface area contributed by atoms with Crippen molar-refractivity contribution in [1.29, 1.82) is 0 Å². The normalized spacial score (nSPS) is 19.0. The van der Waals surface area contributed by atoms with E-state index in [2.05, 4.69) is 5.38 Å². The van der Waals surface area contributed by atoms with Crippen LogP contribution in [0.15, 0.2) is 5.38 Å². The number of nitrogens with zero attached hydrogens (tertiary/aromatic N) is 1. The van der Waals surface area contributed by atoms with Crippen LogP contribution in [0.2, 0.25) is 0 Å². The molecule has 2 rings (SSSR count). The van der Waals surface area contributed by atoms with Crippen LogP contribution in [0.3, 0.4) is 0 Å². The van der Waals surface area contributed by atoms with Crippen molar-refractivity contribution in [3.63, 3.8) is 0 Å². The molecule has 0 saturated heterocycles. The molecule has 0 bridgehead atoms. The first-order valence-corrected chi connectivity index (χ1v) is 6.92. The third-order valence-electron chi connectivity index (χ3n) is 3.17. The van der Waals surface area contributed by atoms with Gasteiger partial charge in [-0.15, -0.1) is 11.3 Å². The number of hydrogen-bond donors (Lipinski definition) is 1. The fourth-order valence-corrected chi connectivity index (χ4v) is 3.32. The van der Waals surface area contributed by atoms with Gasteiger partial charge in [-0.2, -0.15) is 0 Å². The fourth-order valence-electron chi connectivity index (χ4n) is 2.30. The Morgan fingerprint density at radius 3 is 2.67 bits per heavy atom. The summed E-state index contributed by atoms with van der Waals surface area (Å²) in [7, 11) is 0. The van der Waals surface area contributed by atoms with Crippen LogP contribution in [0.4, 0.5) is 0 Å². The lowest BCUT2D eigenvalue weighted by Gasteiger charge is -2.09. The molecular formula is C12H20N2S. The van der Waals surface area contributed by atoms with E-state index in [4.69, 9.17) is 10.7 Å². The van der Waals surface area contributed by atoms with Crippen LogP contribution < -0.4 is 5.73 Å². The van der Waals surface area contributed by atoms with Gasteiger partial charge >= 0.3 is 0 Å². The van der Waals surface area contributed by atoms with E-state index < -0.39 is 0 Å². The van der Waals surface area contributed by atoms with Crippen molar-refractivity contribution in [3.8, 4) is 0 Å². The van der Waals surface area contributed by atoms with Crippen molar-refractivity contribution in [2.45, 2.75) is 50.9 Å². The topological polar surface area (TPSA) is 38.9 Å². The van der Waals surface area contributed by atoms with Crippen molar-refractivity contribution in [2.75, 3.05) is 6.54 Å². The predicted molar refractivity (Wildman–Crippen MR) is 65.3 cm³/mol. The highest BCUT2D eigenvalue weighted by molar-refractivity contribution is 7.09. The second-order valence-electron chi connectivity index (χ2n) is 4.40. The van der Waals surface area contributed by atoms with Gasteiger partial charge in [0, 0.05) is 17.7 Å². The zero-order valence-electron chi connectivity index (χ0n) is 9.24. The van der Waals surface area contributed by atoms with Crippen molar-refractivity contribution >= 4 is 11.3 Å². The molecule has 0 unspecified atom stereocenters. The monoisotopic (exact) mass is 224 g/mol. The van der Waals surface area contributed by atoms with E-state index in [-0.39, 0.29) is 0 Å². The third kappa shape index (κ3) is 3.02. The molecule has 84 valence electrons. The van der Waals surface area contributed by atoms with E-state index in [9.17, 15) is 0 Å². The highest BCUT2D eigenvalue weighted by Crippen LogP contribution is 2.33. The maximum absolute atomic E-state index is 5.54. The molecule has 0 spiro atoms. The third-order valence-corrected chi connectivity index (χ3v) is 4.23. The van der Waals surface area contributed by atoms with Crippen LogP contribution in [0.1, 0.15) is 55.1 Å². The van der Waals surface area contributed by atoms with Gasteiger partial charge in [-0.3, -0.25) is 0 Å². The van der Waals surface area contributed by atoms with Gasteiger partial charge in [-0.1, -0.05) is 25.7 Å². The molecule has 3 heteroatoms. The summed E-state index contributed by atoms with van der Waals surface area (Å²) < 4.78 is 0. The Morgan fingerprint density at radius 1 is 1.27 bits per heavy atom. The van der Waals surface area contributed by atoms with Crippen molar-refractivity contribution in [2.24, 2.45) is 5.73 Å². The van der Waals surface area contributed by atoms with Gasteiger partial charge in [0.05, 0.1) is 10.7 Å². The molecule has 0 aromatic carbocycles. The minimum absolute atomic E-state index is 0.716. The van der Waals surface area contributed by atoms with E-state index in [0.717, 1.165) is 12.3 Å². The Bertz CT molecular complexity index is 288. The standard InChI is InChI=1S/C12H20N2S/c13-8-7-11-9-15-12(14-11)10-5-3-1-2-4-6-10/h9-10H,1-8,13H2. The molecule has 0 aliphatic heterocycles. The SMILES string of the molecule is NCCc1csc(C2CCCCCC2)n1. The average Bonchev–Trinajstić information content (AvgIpc) is 2.53. The van der Waals surface area contributed by atoms with Gasteiger partial charge in [0.1, 0.15) is 0 Å². The summed E-state index contributed by atoms with van der Waals surface area (Å²) in [6, 6.07) is 0. The van der Waals surface area contributed by atoms with Crippen molar-refractivity contribution < 1.29 is 0 Å². The summed E-state index contributed by atoms with van der Waals surface area (Å²) >= 11 is 1.84. The predicted octanol–water partition coefficient (Wildman–Crippen LogP) is 3.08. The molecule has 1 fully saturated rings. The first-order valence-electron chi connectivity index (χ1n) is 6.04. The first kappa shape index (κ1) is 11.1. The Labute approximate surface area is 95.9 Å². The molecule has 2 nitrogen and oxygen atoms in total. The molecule has 1 heterocycles. The number of nitrogens with two attached hydrogens (primary N) is 1. The van der Waals surface area contributed by atoms with E-state index in [1.54, 1.807) is 0 Å². The second-order valence-corrected chi connectivity index (χ2v) is 5.29. The van der Waals surface area contributed by atoms with Gasteiger partial charge in [0.15, 0.2) is 0 Å². The largest absolute Gasteiger partial charge is 0.330 e. The number of thiazole rings is 1. The summed E-state index contributed by atoms with van der Waals surface area (Å²) in [5, 5.41) is 3.55. The minimum atomic E-state index is 0.716. The molecule has 2 N–H and O–H groups in total. The molecule has 1 aliphatic carbocycles. The molecular weight excluding hydrogens is 204 g/mol. The van der Waals surface area contributed by atoms with Gasteiger partial charge < -0.3 is 5.73 Å². The van der Waals surface area contributed by atoms with Crippen LogP contribution in [0, 0.1) is 0 Å². The van der Waals surface area contributed by atoms with Crippen LogP contribution in [0.25, 0.3) is 0 Å².